The monoisotopic (exact) mass is 371 g/mol. The van der Waals surface area contributed by atoms with Gasteiger partial charge in [0.1, 0.15) is 0 Å². The fourth-order valence-corrected chi connectivity index (χ4v) is 5.11. The number of nitrogens with one attached hydrogen (secondary N) is 1. The van der Waals surface area contributed by atoms with Crippen molar-refractivity contribution < 1.29 is 0 Å². The van der Waals surface area contributed by atoms with Gasteiger partial charge in [0.2, 0.25) is 0 Å². The van der Waals surface area contributed by atoms with Crippen LogP contribution >= 0.6 is 23.5 Å². The van der Waals surface area contributed by atoms with Crippen LogP contribution in [0.3, 0.4) is 0 Å². The Labute approximate surface area is 161 Å². The normalized spacial score (nSPS) is 12.0. The van der Waals surface area contributed by atoms with Crippen LogP contribution < -0.4 is 0 Å². The summed E-state index contributed by atoms with van der Waals surface area (Å²) in [5.74, 6) is 3.45. The van der Waals surface area contributed by atoms with Crippen molar-refractivity contribution in [3.63, 3.8) is 0 Å². The minimum absolute atomic E-state index is 0.731. The molecule has 0 saturated carbocycles. The predicted octanol–water partition coefficient (Wildman–Crippen LogP) is 6.82. The highest BCUT2D eigenvalue weighted by Gasteiger charge is 2.10. The molecule has 1 nitrogen and oxygen atoms in total. The van der Waals surface area contributed by atoms with Gasteiger partial charge in [-0.15, -0.1) is 0 Å². The van der Waals surface area contributed by atoms with E-state index in [1.165, 1.54) is 36.1 Å². The van der Waals surface area contributed by atoms with E-state index in [2.05, 4.69) is 84.2 Å². The summed E-state index contributed by atoms with van der Waals surface area (Å²) in [5, 5.41) is 7.90. The topological polar surface area (TPSA) is 23.9 Å². The Kier molecular flexibility index (Phi) is 10.5. The number of hydrogen-bond acceptors (Lipinski definition) is 3. The Hall–Kier alpha value is -1.19. The summed E-state index contributed by atoms with van der Waals surface area (Å²) in [6.07, 6.45) is 7.42. The fraction of sp³-hybridized carbons (Fsp3) is 0.409. The lowest BCUT2D eigenvalue weighted by Gasteiger charge is -2.16. The SMILES string of the molecule is N=CCCCCC(CCSCc1ccccc1)SCc1ccccc1. The zero-order valence-corrected chi connectivity index (χ0v) is 16.5. The van der Waals surface area contributed by atoms with Crippen molar-refractivity contribution in [3.05, 3.63) is 71.8 Å². The molecule has 2 aromatic rings. The first-order chi connectivity index (χ1) is 12.4. The molecule has 0 heterocycles. The highest BCUT2D eigenvalue weighted by atomic mass is 32.2. The zero-order valence-electron chi connectivity index (χ0n) is 14.9. The molecule has 1 atom stereocenters. The molecule has 0 spiro atoms. The Bertz CT molecular complexity index is 571. The van der Waals surface area contributed by atoms with Gasteiger partial charge in [-0.3, -0.25) is 0 Å². The van der Waals surface area contributed by atoms with E-state index in [9.17, 15) is 0 Å². The van der Waals surface area contributed by atoms with Crippen LogP contribution in [0.4, 0.5) is 0 Å². The minimum atomic E-state index is 0.731. The largest absolute Gasteiger partial charge is 0.313 e. The minimum Gasteiger partial charge on any atom is -0.313 e. The van der Waals surface area contributed by atoms with E-state index in [4.69, 9.17) is 5.41 Å². The quantitative estimate of drug-likeness (QED) is 0.308. The maximum Gasteiger partial charge on any atom is 0.0187 e. The van der Waals surface area contributed by atoms with Gasteiger partial charge in [-0.2, -0.15) is 23.5 Å². The molecule has 0 fully saturated rings. The Morgan fingerprint density at radius 1 is 0.800 bits per heavy atom. The molecule has 0 amide bonds. The van der Waals surface area contributed by atoms with Crippen LogP contribution in [0.25, 0.3) is 0 Å². The van der Waals surface area contributed by atoms with E-state index in [0.717, 1.165) is 29.6 Å². The van der Waals surface area contributed by atoms with E-state index >= 15 is 0 Å². The second kappa shape index (κ2) is 13.1. The van der Waals surface area contributed by atoms with Gasteiger partial charge in [-0.1, -0.05) is 67.1 Å². The van der Waals surface area contributed by atoms with Gasteiger partial charge in [-0.25, -0.2) is 0 Å². The van der Waals surface area contributed by atoms with Crippen molar-refractivity contribution in [1.29, 1.82) is 5.41 Å². The van der Waals surface area contributed by atoms with Crippen LogP contribution in [0.2, 0.25) is 0 Å². The fourth-order valence-electron chi connectivity index (χ4n) is 2.70. The number of unbranched alkanes of at least 4 members (excludes halogenated alkanes) is 2. The van der Waals surface area contributed by atoms with Gasteiger partial charge in [-0.05, 0) is 48.8 Å². The van der Waals surface area contributed by atoms with Crippen LogP contribution in [0.15, 0.2) is 60.7 Å². The van der Waals surface area contributed by atoms with Crippen molar-refractivity contribution in [3.8, 4) is 0 Å². The average Bonchev–Trinajstić information content (AvgIpc) is 2.67. The second-order valence-corrected chi connectivity index (χ2v) is 8.63. The smallest absolute Gasteiger partial charge is 0.0187 e. The van der Waals surface area contributed by atoms with Crippen LogP contribution in [-0.4, -0.2) is 17.2 Å². The lowest BCUT2D eigenvalue weighted by molar-refractivity contribution is 0.660. The van der Waals surface area contributed by atoms with Gasteiger partial charge in [0, 0.05) is 16.8 Å². The van der Waals surface area contributed by atoms with E-state index < -0.39 is 0 Å². The molecule has 1 N–H and O–H groups in total. The van der Waals surface area contributed by atoms with Crippen molar-refractivity contribution in [1.82, 2.24) is 0 Å². The summed E-state index contributed by atoms with van der Waals surface area (Å²) in [7, 11) is 0. The molecule has 0 radical (unpaired) electrons. The van der Waals surface area contributed by atoms with Gasteiger partial charge < -0.3 is 5.41 Å². The first kappa shape index (κ1) is 20.1. The molecule has 0 aliphatic heterocycles. The van der Waals surface area contributed by atoms with Gasteiger partial charge in [0.25, 0.3) is 0 Å². The molecule has 2 rings (SSSR count). The summed E-state index contributed by atoms with van der Waals surface area (Å²) in [4.78, 5) is 0. The van der Waals surface area contributed by atoms with E-state index in [-0.39, 0.29) is 0 Å². The molecular formula is C22H29NS2. The third-order valence-electron chi connectivity index (χ3n) is 4.15. The number of rotatable bonds is 13. The van der Waals surface area contributed by atoms with Crippen LogP contribution in [0, 0.1) is 5.41 Å². The maximum absolute atomic E-state index is 7.17. The standard InChI is InChI=1S/C22H29NS2/c23-16-9-3-8-14-22(25-19-21-12-6-2-7-13-21)15-17-24-18-20-10-4-1-5-11-20/h1-2,4-7,10-13,16,22-23H,3,8-9,14-15,17-19H2. The summed E-state index contributed by atoms with van der Waals surface area (Å²) in [5.41, 5.74) is 2.85. The average molecular weight is 372 g/mol. The molecule has 0 aliphatic carbocycles. The van der Waals surface area contributed by atoms with Crippen molar-refractivity contribution >= 4 is 29.7 Å². The molecule has 0 bridgehead atoms. The summed E-state index contributed by atoms with van der Waals surface area (Å²) in [6.45, 7) is 0. The molecule has 3 heteroatoms. The van der Waals surface area contributed by atoms with E-state index in [1.807, 2.05) is 0 Å². The van der Waals surface area contributed by atoms with Crippen molar-refractivity contribution in [2.24, 2.45) is 0 Å². The molecular weight excluding hydrogens is 342 g/mol. The zero-order chi connectivity index (χ0) is 17.6. The number of thioether (sulfide) groups is 2. The van der Waals surface area contributed by atoms with Crippen LogP contribution in [0.5, 0.6) is 0 Å². The molecule has 0 saturated heterocycles. The van der Waals surface area contributed by atoms with Gasteiger partial charge >= 0.3 is 0 Å². The predicted molar refractivity (Wildman–Crippen MR) is 116 cm³/mol. The van der Waals surface area contributed by atoms with Crippen LogP contribution in [0.1, 0.15) is 43.2 Å². The van der Waals surface area contributed by atoms with Gasteiger partial charge in [0.05, 0.1) is 0 Å². The lowest BCUT2D eigenvalue weighted by atomic mass is 10.1. The second-order valence-electron chi connectivity index (χ2n) is 6.23. The van der Waals surface area contributed by atoms with Crippen molar-refractivity contribution in [2.45, 2.75) is 48.9 Å². The molecule has 0 aliphatic rings. The Morgan fingerprint density at radius 3 is 2.08 bits per heavy atom. The Morgan fingerprint density at radius 2 is 1.44 bits per heavy atom. The summed E-state index contributed by atoms with van der Waals surface area (Å²) < 4.78 is 0. The summed E-state index contributed by atoms with van der Waals surface area (Å²) in [6, 6.07) is 21.6. The molecule has 2 aromatic carbocycles. The first-order valence-corrected chi connectivity index (χ1v) is 11.3. The molecule has 25 heavy (non-hydrogen) atoms. The molecule has 0 aromatic heterocycles. The third kappa shape index (κ3) is 9.18. The number of hydrogen-bond donors (Lipinski definition) is 1. The highest BCUT2D eigenvalue weighted by molar-refractivity contribution is 7.99. The van der Waals surface area contributed by atoms with E-state index in [1.54, 1.807) is 6.21 Å². The lowest BCUT2D eigenvalue weighted by Crippen LogP contribution is -2.05. The first-order valence-electron chi connectivity index (χ1n) is 9.14. The summed E-state index contributed by atoms with van der Waals surface area (Å²) >= 11 is 4.16. The molecule has 1 unspecified atom stereocenters. The Balaban J connectivity index is 1.71. The number of benzene rings is 2. The van der Waals surface area contributed by atoms with Gasteiger partial charge in [0.15, 0.2) is 0 Å². The highest BCUT2D eigenvalue weighted by Crippen LogP contribution is 2.27. The van der Waals surface area contributed by atoms with Crippen molar-refractivity contribution in [2.75, 3.05) is 5.75 Å². The third-order valence-corrected chi connectivity index (χ3v) is 6.65. The molecule has 134 valence electrons. The van der Waals surface area contributed by atoms with E-state index in [0.29, 0.717) is 0 Å². The van der Waals surface area contributed by atoms with Crippen LogP contribution in [-0.2, 0) is 11.5 Å². The maximum atomic E-state index is 7.17.